The number of aromatic nitrogens is 4. The Hall–Kier alpha value is -1.93. The van der Waals surface area contributed by atoms with Gasteiger partial charge in [0.2, 0.25) is 0 Å². The number of rotatable bonds is 17. The highest BCUT2D eigenvalue weighted by Crippen LogP contribution is 2.11. The topological polar surface area (TPSA) is 94.1 Å². The lowest BCUT2D eigenvalue weighted by Crippen LogP contribution is -2.39. The highest BCUT2D eigenvalue weighted by atomic mass is 16.3. The number of unbranched alkanes of at least 4 members (excludes halogenated alkanes) is 7. The predicted octanol–water partition coefficient (Wildman–Crippen LogP) is 3.09. The average Bonchev–Trinajstić information content (AvgIpc) is 3.17. The molecule has 32 heavy (non-hydrogen) atoms. The van der Waals surface area contributed by atoms with Crippen LogP contribution in [0.5, 0.6) is 0 Å². The number of hydrogen-bond donors (Lipinski definition) is 2. The quantitative estimate of drug-likeness (QED) is 0.362. The van der Waals surface area contributed by atoms with E-state index in [0.717, 1.165) is 64.5 Å². The molecular weight excluding hydrogens is 406 g/mol. The van der Waals surface area contributed by atoms with E-state index in [0.29, 0.717) is 17.7 Å². The van der Waals surface area contributed by atoms with Gasteiger partial charge in [0.1, 0.15) is 0 Å². The Morgan fingerprint density at radius 3 is 2.38 bits per heavy atom. The molecule has 0 aromatic carbocycles. The Morgan fingerprint density at radius 2 is 1.59 bits per heavy atom. The number of aryl methyl sites for hydroxylation is 2. The third-order valence-electron chi connectivity index (χ3n) is 6.22. The molecule has 1 atom stereocenters. The predicted molar refractivity (Wildman–Crippen MR) is 130 cm³/mol. The maximum Gasteiger partial charge on any atom is 0.332 e. The molecule has 0 amide bonds. The minimum absolute atomic E-state index is 0.205. The number of nitrogens with one attached hydrogen (secondary N) is 1. The third kappa shape index (κ3) is 7.89. The smallest absolute Gasteiger partial charge is 0.332 e. The summed E-state index contributed by atoms with van der Waals surface area (Å²) in [5.74, 6) is 0. The Morgan fingerprint density at radius 1 is 0.938 bits per heavy atom. The molecule has 0 fully saturated rings. The molecular formula is C24H43N5O3. The van der Waals surface area contributed by atoms with E-state index < -0.39 is 0 Å². The summed E-state index contributed by atoms with van der Waals surface area (Å²) >= 11 is 0. The van der Waals surface area contributed by atoms with Crippen molar-refractivity contribution in [1.29, 1.82) is 0 Å². The van der Waals surface area contributed by atoms with Crippen LogP contribution in [0.1, 0.15) is 84.0 Å². The summed E-state index contributed by atoms with van der Waals surface area (Å²) < 4.78 is 4.44. The SMILES string of the molecule is CCCCCCNCCCC(O)CCCCCCCn1c(=O)c2c(ncn2C)n(C)c1=O. The largest absolute Gasteiger partial charge is 0.393 e. The molecule has 0 bridgehead atoms. The van der Waals surface area contributed by atoms with Gasteiger partial charge < -0.3 is 15.0 Å². The fourth-order valence-corrected chi connectivity index (χ4v) is 4.18. The van der Waals surface area contributed by atoms with E-state index in [2.05, 4.69) is 17.2 Å². The zero-order chi connectivity index (χ0) is 23.3. The van der Waals surface area contributed by atoms with E-state index in [1.807, 2.05) is 0 Å². The number of fused-ring (bicyclic) bond motifs is 1. The standard InChI is InChI=1S/C24H43N5O3/c1-4-5-6-11-16-25-17-13-15-20(30)14-10-8-7-9-12-18-29-23(31)21-22(26-19-27(21)2)28(3)24(29)32/h19-20,25,30H,4-18H2,1-3H3. The van der Waals surface area contributed by atoms with Crippen molar-refractivity contribution in [2.24, 2.45) is 14.1 Å². The van der Waals surface area contributed by atoms with Crippen LogP contribution in [-0.4, -0.2) is 43.0 Å². The van der Waals surface area contributed by atoms with Crippen molar-refractivity contribution in [1.82, 2.24) is 24.0 Å². The van der Waals surface area contributed by atoms with Gasteiger partial charge in [-0.05, 0) is 45.2 Å². The minimum Gasteiger partial charge on any atom is -0.393 e. The molecule has 8 nitrogen and oxygen atoms in total. The number of aliphatic hydroxyl groups excluding tert-OH is 1. The maximum atomic E-state index is 12.7. The highest BCUT2D eigenvalue weighted by molar-refractivity contribution is 5.69. The van der Waals surface area contributed by atoms with Crippen molar-refractivity contribution in [3.63, 3.8) is 0 Å². The Bertz CT molecular complexity index is 915. The van der Waals surface area contributed by atoms with Crippen LogP contribution in [0.15, 0.2) is 15.9 Å². The van der Waals surface area contributed by atoms with Gasteiger partial charge in [-0.25, -0.2) is 9.78 Å². The van der Waals surface area contributed by atoms with Crippen molar-refractivity contribution in [2.75, 3.05) is 13.1 Å². The number of aliphatic hydroxyl groups is 1. The molecule has 2 N–H and O–H groups in total. The van der Waals surface area contributed by atoms with Crippen LogP contribution < -0.4 is 16.6 Å². The molecule has 0 spiro atoms. The number of nitrogens with zero attached hydrogens (tertiary/aromatic N) is 4. The summed E-state index contributed by atoms with van der Waals surface area (Å²) in [6.07, 6.45) is 14.2. The Kier molecular flexibility index (Phi) is 11.7. The lowest BCUT2D eigenvalue weighted by atomic mass is 10.0. The van der Waals surface area contributed by atoms with E-state index in [9.17, 15) is 14.7 Å². The van der Waals surface area contributed by atoms with Gasteiger partial charge in [0.25, 0.3) is 5.56 Å². The van der Waals surface area contributed by atoms with E-state index in [4.69, 9.17) is 0 Å². The lowest BCUT2D eigenvalue weighted by Gasteiger charge is -2.11. The van der Waals surface area contributed by atoms with E-state index >= 15 is 0 Å². The fraction of sp³-hybridized carbons (Fsp3) is 0.792. The van der Waals surface area contributed by atoms with E-state index in [1.165, 1.54) is 34.8 Å². The number of imidazole rings is 1. The molecule has 0 aliphatic carbocycles. The molecule has 2 aromatic heterocycles. The first-order valence-electron chi connectivity index (χ1n) is 12.5. The monoisotopic (exact) mass is 449 g/mol. The Balaban J connectivity index is 1.56. The second-order valence-electron chi connectivity index (χ2n) is 8.99. The van der Waals surface area contributed by atoms with Gasteiger partial charge in [0, 0.05) is 20.6 Å². The van der Waals surface area contributed by atoms with Crippen molar-refractivity contribution < 1.29 is 5.11 Å². The van der Waals surface area contributed by atoms with Gasteiger partial charge in [-0.2, -0.15) is 0 Å². The molecule has 1 unspecified atom stereocenters. The van der Waals surface area contributed by atoms with Crippen molar-refractivity contribution in [3.8, 4) is 0 Å². The van der Waals surface area contributed by atoms with Crippen LogP contribution in [0.25, 0.3) is 11.2 Å². The molecule has 8 heteroatoms. The molecule has 0 radical (unpaired) electrons. The summed E-state index contributed by atoms with van der Waals surface area (Å²) in [6.45, 7) is 4.74. The summed E-state index contributed by atoms with van der Waals surface area (Å²) in [5, 5.41) is 13.6. The zero-order valence-corrected chi connectivity index (χ0v) is 20.3. The molecule has 2 aromatic rings. The second kappa shape index (κ2) is 14.3. The van der Waals surface area contributed by atoms with Gasteiger partial charge in [-0.15, -0.1) is 0 Å². The molecule has 0 saturated carbocycles. The third-order valence-corrected chi connectivity index (χ3v) is 6.22. The van der Waals surface area contributed by atoms with Crippen LogP contribution >= 0.6 is 0 Å². The molecule has 182 valence electrons. The van der Waals surface area contributed by atoms with Gasteiger partial charge in [0.05, 0.1) is 12.4 Å². The molecule has 0 aliphatic heterocycles. The average molecular weight is 450 g/mol. The van der Waals surface area contributed by atoms with Crippen LogP contribution in [0.4, 0.5) is 0 Å². The fourth-order valence-electron chi connectivity index (χ4n) is 4.18. The second-order valence-corrected chi connectivity index (χ2v) is 8.99. The zero-order valence-electron chi connectivity index (χ0n) is 20.3. The molecule has 2 rings (SSSR count). The first-order chi connectivity index (χ1) is 15.5. The molecule has 0 saturated heterocycles. The van der Waals surface area contributed by atoms with E-state index in [-0.39, 0.29) is 17.4 Å². The van der Waals surface area contributed by atoms with Gasteiger partial charge in [0.15, 0.2) is 11.2 Å². The van der Waals surface area contributed by atoms with Crippen LogP contribution in [-0.2, 0) is 20.6 Å². The summed E-state index contributed by atoms with van der Waals surface area (Å²) in [7, 11) is 3.42. The molecule has 2 heterocycles. The minimum atomic E-state index is -0.306. The van der Waals surface area contributed by atoms with E-state index in [1.54, 1.807) is 25.0 Å². The highest BCUT2D eigenvalue weighted by Gasteiger charge is 2.14. The van der Waals surface area contributed by atoms with Crippen molar-refractivity contribution in [2.45, 2.75) is 96.6 Å². The summed E-state index contributed by atoms with van der Waals surface area (Å²) in [4.78, 5) is 29.3. The summed E-state index contributed by atoms with van der Waals surface area (Å²) in [5.41, 5.74) is 0.328. The van der Waals surface area contributed by atoms with Gasteiger partial charge in [-0.1, -0.05) is 51.9 Å². The lowest BCUT2D eigenvalue weighted by molar-refractivity contribution is 0.148. The Labute approximate surface area is 191 Å². The first kappa shape index (κ1) is 26.3. The first-order valence-corrected chi connectivity index (χ1v) is 12.5. The number of hydrogen-bond acceptors (Lipinski definition) is 5. The maximum absolute atomic E-state index is 12.7. The van der Waals surface area contributed by atoms with Crippen LogP contribution in [0.2, 0.25) is 0 Å². The normalized spacial score (nSPS) is 12.6. The molecule has 0 aliphatic rings. The summed E-state index contributed by atoms with van der Waals surface area (Å²) in [6, 6.07) is 0. The van der Waals surface area contributed by atoms with Gasteiger partial charge in [-0.3, -0.25) is 13.9 Å². The van der Waals surface area contributed by atoms with Crippen LogP contribution in [0, 0.1) is 0 Å². The van der Waals surface area contributed by atoms with Crippen molar-refractivity contribution in [3.05, 3.63) is 27.2 Å². The van der Waals surface area contributed by atoms with Crippen LogP contribution in [0.3, 0.4) is 0 Å². The van der Waals surface area contributed by atoms with Gasteiger partial charge >= 0.3 is 5.69 Å². The van der Waals surface area contributed by atoms with Crippen molar-refractivity contribution >= 4 is 11.2 Å².